The van der Waals surface area contributed by atoms with Crippen LogP contribution < -0.4 is 5.32 Å². The fraction of sp³-hybridized carbons (Fsp3) is 0.421. The standard InChI is InChI=1S/C19H24N2/c1-2-10-21-19(18-7-4-11-20-14-18)13-15-8-9-16-5-3-6-17(16)12-15/h4,7-9,11-12,14,19,21H,2-3,5-6,10,13H2,1H3. The SMILES string of the molecule is CCCNC(Cc1ccc2c(c1)CCC2)c1cccnc1. The van der Waals surface area contributed by atoms with Crippen LogP contribution in [0.25, 0.3) is 0 Å². The fourth-order valence-corrected chi connectivity index (χ4v) is 3.20. The first-order valence-corrected chi connectivity index (χ1v) is 8.11. The van der Waals surface area contributed by atoms with E-state index in [1.807, 2.05) is 18.5 Å². The number of aromatic nitrogens is 1. The van der Waals surface area contributed by atoms with Crippen molar-refractivity contribution in [2.24, 2.45) is 0 Å². The van der Waals surface area contributed by atoms with E-state index in [0.717, 1.165) is 19.4 Å². The Morgan fingerprint density at radius 2 is 2.10 bits per heavy atom. The average molecular weight is 280 g/mol. The minimum absolute atomic E-state index is 0.359. The molecule has 1 aliphatic rings. The predicted octanol–water partition coefficient (Wildman–Crippen LogP) is 3.85. The molecule has 0 saturated heterocycles. The maximum atomic E-state index is 4.27. The average Bonchev–Trinajstić information content (AvgIpc) is 3.00. The normalized spacial score (nSPS) is 14.9. The number of pyridine rings is 1. The molecule has 0 saturated carbocycles. The lowest BCUT2D eigenvalue weighted by molar-refractivity contribution is 0.528. The number of nitrogens with zero attached hydrogens (tertiary/aromatic N) is 1. The van der Waals surface area contributed by atoms with Crippen molar-refractivity contribution in [1.29, 1.82) is 0 Å². The summed E-state index contributed by atoms with van der Waals surface area (Å²) >= 11 is 0. The van der Waals surface area contributed by atoms with Gasteiger partial charge in [-0.3, -0.25) is 4.98 Å². The van der Waals surface area contributed by atoms with Gasteiger partial charge in [-0.15, -0.1) is 0 Å². The number of hydrogen-bond acceptors (Lipinski definition) is 2. The van der Waals surface area contributed by atoms with Crippen molar-refractivity contribution in [3.63, 3.8) is 0 Å². The summed E-state index contributed by atoms with van der Waals surface area (Å²) in [7, 11) is 0. The van der Waals surface area contributed by atoms with Crippen LogP contribution in [0.5, 0.6) is 0 Å². The smallest absolute Gasteiger partial charge is 0.0376 e. The van der Waals surface area contributed by atoms with Crippen molar-refractivity contribution in [3.05, 3.63) is 65.0 Å². The highest BCUT2D eigenvalue weighted by atomic mass is 14.9. The van der Waals surface area contributed by atoms with Crippen molar-refractivity contribution < 1.29 is 0 Å². The Balaban J connectivity index is 1.77. The van der Waals surface area contributed by atoms with Crippen LogP contribution in [-0.2, 0) is 19.3 Å². The molecule has 0 fully saturated rings. The first-order chi connectivity index (χ1) is 10.4. The van der Waals surface area contributed by atoms with Crippen LogP contribution in [0.4, 0.5) is 0 Å². The van der Waals surface area contributed by atoms with Gasteiger partial charge in [0.05, 0.1) is 0 Å². The van der Waals surface area contributed by atoms with Gasteiger partial charge in [-0.05, 0) is 67.0 Å². The van der Waals surface area contributed by atoms with Gasteiger partial charge in [0.25, 0.3) is 0 Å². The Morgan fingerprint density at radius 1 is 1.19 bits per heavy atom. The van der Waals surface area contributed by atoms with Gasteiger partial charge in [-0.1, -0.05) is 31.2 Å². The van der Waals surface area contributed by atoms with E-state index < -0.39 is 0 Å². The van der Waals surface area contributed by atoms with Crippen LogP contribution in [0, 0.1) is 0 Å². The van der Waals surface area contributed by atoms with Gasteiger partial charge in [-0.2, -0.15) is 0 Å². The van der Waals surface area contributed by atoms with Gasteiger partial charge in [-0.25, -0.2) is 0 Å². The number of rotatable bonds is 6. The second-order valence-electron chi connectivity index (χ2n) is 5.95. The molecule has 1 unspecified atom stereocenters. The van der Waals surface area contributed by atoms with Gasteiger partial charge >= 0.3 is 0 Å². The van der Waals surface area contributed by atoms with Crippen molar-refractivity contribution >= 4 is 0 Å². The van der Waals surface area contributed by atoms with E-state index >= 15 is 0 Å². The van der Waals surface area contributed by atoms with E-state index in [9.17, 15) is 0 Å². The topological polar surface area (TPSA) is 24.9 Å². The number of fused-ring (bicyclic) bond motifs is 1. The maximum absolute atomic E-state index is 4.27. The predicted molar refractivity (Wildman–Crippen MR) is 87.4 cm³/mol. The molecule has 1 aromatic heterocycles. The van der Waals surface area contributed by atoms with Crippen LogP contribution in [-0.4, -0.2) is 11.5 Å². The fourth-order valence-electron chi connectivity index (χ4n) is 3.20. The summed E-state index contributed by atoms with van der Waals surface area (Å²) < 4.78 is 0. The maximum Gasteiger partial charge on any atom is 0.0376 e. The highest BCUT2D eigenvalue weighted by Gasteiger charge is 2.15. The van der Waals surface area contributed by atoms with E-state index in [1.54, 1.807) is 11.1 Å². The first-order valence-electron chi connectivity index (χ1n) is 8.11. The summed E-state index contributed by atoms with van der Waals surface area (Å²) in [6, 6.07) is 11.6. The monoisotopic (exact) mass is 280 g/mol. The number of nitrogens with one attached hydrogen (secondary N) is 1. The molecule has 1 aliphatic carbocycles. The molecule has 0 aliphatic heterocycles. The second-order valence-corrected chi connectivity index (χ2v) is 5.95. The Morgan fingerprint density at radius 3 is 2.90 bits per heavy atom. The molecule has 3 rings (SSSR count). The van der Waals surface area contributed by atoms with Gasteiger partial charge in [0.1, 0.15) is 0 Å². The Labute approximate surface area is 127 Å². The molecule has 0 spiro atoms. The third-order valence-electron chi connectivity index (χ3n) is 4.33. The van der Waals surface area contributed by atoms with Crippen molar-refractivity contribution in [3.8, 4) is 0 Å². The molecule has 0 amide bonds. The van der Waals surface area contributed by atoms with E-state index in [2.05, 4.69) is 41.5 Å². The van der Waals surface area contributed by atoms with Crippen LogP contribution in [0.15, 0.2) is 42.7 Å². The van der Waals surface area contributed by atoms with Crippen LogP contribution in [0.2, 0.25) is 0 Å². The summed E-state index contributed by atoms with van der Waals surface area (Å²) in [6.07, 6.45) is 9.86. The number of aryl methyl sites for hydroxylation is 2. The lowest BCUT2D eigenvalue weighted by atomic mass is 9.97. The quantitative estimate of drug-likeness (QED) is 0.869. The van der Waals surface area contributed by atoms with E-state index in [4.69, 9.17) is 0 Å². The zero-order chi connectivity index (χ0) is 14.5. The Kier molecular flexibility index (Phi) is 4.66. The summed E-state index contributed by atoms with van der Waals surface area (Å²) in [5.74, 6) is 0. The molecule has 1 atom stereocenters. The molecule has 1 heterocycles. The van der Waals surface area contributed by atoms with Crippen LogP contribution in [0.1, 0.15) is 48.1 Å². The minimum Gasteiger partial charge on any atom is -0.310 e. The van der Waals surface area contributed by atoms with Crippen molar-refractivity contribution in [1.82, 2.24) is 10.3 Å². The molecular weight excluding hydrogens is 256 g/mol. The van der Waals surface area contributed by atoms with Gasteiger partial charge < -0.3 is 5.32 Å². The van der Waals surface area contributed by atoms with Gasteiger partial charge in [0.2, 0.25) is 0 Å². The van der Waals surface area contributed by atoms with Crippen molar-refractivity contribution in [2.75, 3.05) is 6.54 Å². The zero-order valence-electron chi connectivity index (χ0n) is 12.8. The van der Waals surface area contributed by atoms with Crippen LogP contribution in [0.3, 0.4) is 0 Å². The molecule has 2 heteroatoms. The molecular formula is C19H24N2. The first kappa shape index (κ1) is 14.3. The molecule has 2 aromatic rings. The van der Waals surface area contributed by atoms with Crippen LogP contribution >= 0.6 is 0 Å². The Bertz CT molecular complexity index is 577. The lowest BCUT2D eigenvalue weighted by Gasteiger charge is -2.19. The zero-order valence-corrected chi connectivity index (χ0v) is 12.8. The summed E-state index contributed by atoms with van der Waals surface area (Å²) in [6.45, 7) is 3.26. The van der Waals surface area contributed by atoms with Crippen molar-refractivity contribution in [2.45, 2.75) is 45.1 Å². The number of benzene rings is 1. The molecule has 1 aromatic carbocycles. The van der Waals surface area contributed by atoms with Gasteiger partial charge in [0, 0.05) is 18.4 Å². The summed E-state index contributed by atoms with van der Waals surface area (Å²) in [5, 5.41) is 3.66. The Hall–Kier alpha value is -1.67. The second kappa shape index (κ2) is 6.86. The third-order valence-corrected chi connectivity index (χ3v) is 4.33. The largest absolute Gasteiger partial charge is 0.310 e. The molecule has 2 nitrogen and oxygen atoms in total. The summed E-state index contributed by atoms with van der Waals surface area (Å²) in [5.41, 5.74) is 5.84. The lowest BCUT2D eigenvalue weighted by Crippen LogP contribution is -2.24. The number of hydrogen-bond donors (Lipinski definition) is 1. The molecule has 0 bridgehead atoms. The summed E-state index contributed by atoms with van der Waals surface area (Å²) in [4.78, 5) is 4.27. The molecule has 21 heavy (non-hydrogen) atoms. The van der Waals surface area contributed by atoms with Gasteiger partial charge in [0.15, 0.2) is 0 Å². The molecule has 110 valence electrons. The highest BCUT2D eigenvalue weighted by molar-refractivity contribution is 5.36. The van der Waals surface area contributed by atoms with E-state index in [-0.39, 0.29) is 0 Å². The van der Waals surface area contributed by atoms with E-state index in [1.165, 1.54) is 30.4 Å². The highest BCUT2D eigenvalue weighted by Crippen LogP contribution is 2.25. The van der Waals surface area contributed by atoms with E-state index in [0.29, 0.717) is 6.04 Å². The minimum atomic E-state index is 0.359. The molecule has 1 N–H and O–H groups in total. The molecule has 0 radical (unpaired) electrons. The third kappa shape index (κ3) is 3.51.